The Hall–Kier alpha value is -0.170. The fraction of sp³-hybridized carbons (Fsp3) is 0.600. The van der Waals surface area contributed by atoms with Gasteiger partial charge in [0.15, 0.2) is 5.13 Å². The summed E-state index contributed by atoms with van der Waals surface area (Å²) in [6.07, 6.45) is 1.71. The average Bonchev–Trinajstić information content (AvgIpc) is 2.73. The van der Waals surface area contributed by atoms with Crippen LogP contribution in [0.1, 0.15) is 20.8 Å². The van der Waals surface area contributed by atoms with Crippen molar-refractivity contribution in [2.75, 3.05) is 25.0 Å². The molecule has 16 heavy (non-hydrogen) atoms. The van der Waals surface area contributed by atoms with Crippen LogP contribution in [0.25, 0.3) is 0 Å². The van der Waals surface area contributed by atoms with Gasteiger partial charge in [0, 0.05) is 11.6 Å². The Balaban J connectivity index is 0.000000293. The van der Waals surface area contributed by atoms with Gasteiger partial charge in [-0.15, -0.1) is 24.0 Å². The topological polar surface area (TPSA) is 28.2 Å². The molecule has 6 heteroatoms. The van der Waals surface area contributed by atoms with E-state index < -0.39 is 0 Å². The van der Waals surface area contributed by atoms with E-state index in [9.17, 15) is 0 Å². The number of hydrogen-bond acceptors (Lipinski definition) is 4. The van der Waals surface area contributed by atoms with E-state index in [1.165, 1.54) is 31.0 Å². The number of rotatable bonds is 4. The second-order valence-electron chi connectivity index (χ2n) is 2.89. The third-order valence-corrected chi connectivity index (χ3v) is 2.89. The zero-order chi connectivity index (χ0) is 12.4. The predicted molar refractivity (Wildman–Crippen MR) is 80.8 cm³/mol. The summed E-state index contributed by atoms with van der Waals surface area (Å²) in [7, 11) is 0. The minimum absolute atomic E-state index is 0.449. The lowest BCUT2D eigenvalue weighted by atomic mass is 10.5. The number of hydrogen-bond donors (Lipinski definition) is 2. The number of nitrogens with one attached hydrogen (secondary N) is 1. The lowest BCUT2D eigenvalue weighted by Gasteiger charge is -2.13. The molecular formula is C10H19N3S3. The SMILES string of the molecule is CCN(CC)CC.S=C(S)Nc1nccs1. The van der Waals surface area contributed by atoms with E-state index in [-0.39, 0.29) is 0 Å². The van der Waals surface area contributed by atoms with Gasteiger partial charge in [0.1, 0.15) is 4.32 Å². The fourth-order valence-corrected chi connectivity index (χ4v) is 1.92. The quantitative estimate of drug-likeness (QED) is 0.653. The molecule has 1 rings (SSSR count). The van der Waals surface area contributed by atoms with E-state index in [1.807, 2.05) is 5.38 Å². The molecular weight excluding hydrogens is 258 g/mol. The Morgan fingerprint density at radius 3 is 2.25 bits per heavy atom. The summed E-state index contributed by atoms with van der Waals surface area (Å²) in [6.45, 7) is 10.1. The number of thiazole rings is 1. The van der Waals surface area contributed by atoms with E-state index >= 15 is 0 Å². The Kier molecular flexibility index (Phi) is 9.91. The maximum Gasteiger partial charge on any atom is 0.188 e. The standard InChI is InChI=1S/C6H15N.C4H4N2S3/c1-4-7(5-2)6-3;7-4(8)6-3-5-1-2-9-3/h4-6H2,1-3H3;1-2H,(H2,5,6,7,8). The molecule has 0 spiro atoms. The number of nitrogens with zero attached hydrogens (tertiary/aromatic N) is 2. The van der Waals surface area contributed by atoms with Gasteiger partial charge in [-0.3, -0.25) is 0 Å². The molecule has 0 radical (unpaired) electrons. The van der Waals surface area contributed by atoms with Crippen molar-refractivity contribution in [3.8, 4) is 0 Å². The van der Waals surface area contributed by atoms with Gasteiger partial charge in [0.2, 0.25) is 0 Å². The van der Waals surface area contributed by atoms with E-state index in [2.05, 4.69) is 60.8 Å². The molecule has 1 aromatic heterocycles. The molecule has 3 nitrogen and oxygen atoms in total. The summed E-state index contributed by atoms with van der Waals surface area (Å²) < 4.78 is 0.449. The van der Waals surface area contributed by atoms with Crippen molar-refractivity contribution in [1.82, 2.24) is 9.88 Å². The number of thiocarbonyl (C=S) groups is 1. The first kappa shape index (κ1) is 15.8. The van der Waals surface area contributed by atoms with Crippen molar-refractivity contribution in [3.63, 3.8) is 0 Å². The van der Waals surface area contributed by atoms with Crippen LogP contribution in [0.15, 0.2) is 11.6 Å². The van der Waals surface area contributed by atoms with Gasteiger partial charge in [-0.25, -0.2) is 4.98 Å². The summed E-state index contributed by atoms with van der Waals surface area (Å²) >= 11 is 10.0. The van der Waals surface area contributed by atoms with Crippen molar-refractivity contribution in [2.24, 2.45) is 0 Å². The predicted octanol–water partition coefficient (Wildman–Crippen LogP) is 3.12. The number of anilines is 1. The molecule has 0 saturated heterocycles. The first-order chi connectivity index (χ1) is 7.63. The summed E-state index contributed by atoms with van der Waals surface area (Å²) in [4.78, 5) is 6.30. The van der Waals surface area contributed by atoms with Crippen molar-refractivity contribution in [2.45, 2.75) is 20.8 Å². The second-order valence-corrected chi connectivity index (χ2v) is 4.94. The van der Waals surface area contributed by atoms with E-state index in [4.69, 9.17) is 0 Å². The highest BCUT2D eigenvalue weighted by atomic mass is 32.1. The smallest absolute Gasteiger partial charge is 0.188 e. The van der Waals surface area contributed by atoms with Crippen LogP contribution in [-0.4, -0.2) is 33.8 Å². The molecule has 1 heterocycles. The zero-order valence-corrected chi connectivity index (χ0v) is 12.5. The maximum absolute atomic E-state index is 4.66. The lowest BCUT2D eigenvalue weighted by molar-refractivity contribution is 0.321. The molecule has 0 aliphatic rings. The maximum atomic E-state index is 4.66. The summed E-state index contributed by atoms with van der Waals surface area (Å²) in [5, 5.41) is 5.44. The molecule has 0 bridgehead atoms. The fourth-order valence-electron chi connectivity index (χ4n) is 1.05. The van der Waals surface area contributed by atoms with Crippen LogP contribution in [0, 0.1) is 0 Å². The first-order valence-corrected chi connectivity index (χ1v) is 6.99. The Morgan fingerprint density at radius 1 is 1.44 bits per heavy atom. The van der Waals surface area contributed by atoms with Crippen LogP contribution < -0.4 is 5.32 Å². The van der Waals surface area contributed by atoms with Gasteiger partial charge in [-0.05, 0) is 19.6 Å². The highest BCUT2D eigenvalue weighted by Crippen LogP contribution is 2.10. The molecule has 0 saturated carbocycles. The van der Waals surface area contributed by atoms with Crippen LogP contribution in [0.2, 0.25) is 0 Å². The van der Waals surface area contributed by atoms with Crippen LogP contribution in [0.5, 0.6) is 0 Å². The Bertz CT molecular complexity index is 265. The normalized spacial score (nSPS) is 9.56. The third-order valence-electron chi connectivity index (χ3n) is 1.99. The molecule has 0 aliphatic carbocycles. The second kappa shape index (κ2) is 10.0. The van der Waals surface area contributed by atoms with Crippen molar-refractivity contribution >= 4 is 45.6 Å². The minimum Gasteiger partial charge on any atom is -0.317 e. The van der Waals surface area contributed by atoms with Crippen molar-refractivity contribution < 1.29 is 0 Å². The highest BCUT2D eigenvalue weighted by molar-refractivity contribution is 8.11. The molecule has 1 aromatic rings. The number of thiol groups is 1. The largest absolute Gasteiger partial charge is 0.317 e. The summed E-state index contributed by atoms with van der Waals surface area (Å²) in [6, 6.07) is 0. The lowest BCUT2D eigenvalue weighted by Crippen LogP contribution is -2.21. The Labute approximate surface area is 113 Å². The monoisotopic (exact) mass is 277 g/mol. The molecule has 0 fully saturated rings. The zero-order valence-electron chi connectivity index (χ0n) is 9.93. The van der Waals surface area contributed by atoms with Gasteiger partial charge in [0.25, 0.3) is 0 Å². The highest BCUT2D eigenvalue weighted by Gasteiger charge is 1.92. The number of aromatic nitrogens is 1. The minimum atomic E-state index is 0.449. The Morgan fingerprint density at radius 2 is 2.00 bits per heavy atom. The molecule has 1 N–H and O–H groups in total. The van der Waals surface area contributed by atoms with E-state index in [1.54, 1.807) is 6.20 Å². The summed E-state index contributed by atoms with van der Waals surface area (Å²) in [5.74, 6) is 0. The van der Waals surface area contributed by atoms with Gasteiger partial charge < -0.3 is 10.2 Å². The van der Waals surface area contributed by atoms with E-state index in [0.29, 0.717) is 4.32 Å². The van der Waals surface area contributed by atoms with Crippen molar-refractivity contribution in [3.05, 3.63) is 11.6 Å². The molecule has 0 atom stereocenters. The molecule has 0 aromatic carbocycles. The molecule has 0 unspecified atom stereocenters. The van der Waals surface area contributed by atoms with Gasteiger partial charge in [-0.2, -0.15) is 0 Å². The van der Waals surface area contributed by atoms with Crippen LogP contribution in [-0.2, 0) is 0 Å². The molecule has 0 amide bonds. The van der Waals surface area contributed by atoms with Gasteiger partial charge in [-0.1, -0.05) is 33.0 Å². The molecule has 0 aliphatic heterocycles. The molecule has 92 valence electrons. The van der Waals surface area contributed by atoms with Crippen LogP contribution in [0.3, 0.4) is 0 Å². The first-order valence-electron chi connectivity index (χ1n) is 5.25. The van der Waals surface area contributed by atoms with Crippen LogP contribution in [0.4, 0.5) is 5.13 Å². The third kappa shape index (κ3) is 8.04. The van der Waals surface area contributed by atoms with Crippen LogP contribution >= 0.6 is 36.2 Å². The van der Waals surface area contributed by atoms with E-state index in [0.717, 1.165) is 5.13 Å². The van der Waals surface area contributed by atoms with Gasteiger partial charge in [0.05, 0.1) is 0 Å². The summed E-state index contributed by atoms with van der Waals surface area (Å²) in [5.41, 5.74) is 0. The van der Waals surface area contributed by atoms with Gasteiger partial charge >= 0.3 is 0 Å². The van der Waals surface area contributed by atoms with Crippen molar-refractivity contribution in [1.29, 1.82) is 0 Å². The average molecular weight is 277 g/mol.